The number of carbonyl (C=O) groups excluding carboxylic acids is 1. The first kappa shape index (κ1) is 15.8. The highest BCUT2D eigenvalue weighted by atomic mass is 16.2. The molecule has 0 fully saturated rings. The second-order valence-electron chi connectivity index (χ2n) is 5.18. The third-order valence-corrected chi connectivity index (χ3v) is 3.43. The minimum Gasteiger partial charge on any atom is -0.348 e. The van der Waals surface area contributed by atoms with E-state index >= 15 is 0 Å². The van der Waals surface area contributed by atoms with Gasteiger partial charge in [0.25, 0.3) is 5.56 Å². The molecule has 1 aromatic heterocycles. The normalized spacial score (nSPS) is 11.9. The van der Waals surface area contributed by atoms with Crippen LogP contribution < -0.4 is 16.6 Å². The SMILES string of the molecule is CC[C@@H](NC(=O)Cn1ccc(=O)[nH]c1=O)c1ccc(C)cc1. The minimum atomic E-state index is -0.592. The number of benzene rings is 1. The van der Waals surface area contributed by atoms with Crippen molar-refractivity contribution in [3.05, 3.63) is 68.5 Å². The molecule has 2 N–H and O–H groups in total. The first-order valence-corrected chi connectivity index (χ1v) is 7.15. The summed E-state index contributed by atoms with van der Waals surface area (Å²) in [5.41, 5.74) is 1.11. The van der Waals surface area contributed by atoms with Crippen molar-refractivity contribution in [1.29, 1.82) is 0 Å². The smallest absolute Gasteiger partial charge is 0.328 e. The van der Waals surface area contributed by atoms with E-state index in [9.17, 15) is 14.4 Å². The van der Waals surface area contributed by atoms with Gasteiger partial charge in [0, 0.05) is 12.3 Å². The van der Waals surface area contributed by atoms with Crippen molar-refractivity contribution < 1.29 is 4.79 Å². The number of hydrogen-bond donors (Lipinski definition) is 2. The number of aromatic amines is 1. The Kier molecular flexibility index (Phi) is 4.93. The van der Waals surface area contributed by atoms with Gasteiger partial charge in [-0.2, -0.15) is 0 Å². The minimum absolute atomic E-state index is 0.105. The molecule has 2 aromatic rings. The Morgan fingerprint density at radius 1 is 1.23 bits per heavy atom. The summed E-state index contributed by atoms with van der Waals surface area (Å²) >= 11 is 0. The molecule has 0 aliphatic heterocycles. The third-order valence-electron chi connectivity index (χ3n) is 3.43. The fourth-order valence-electron chi connectivity index (χ4n) is 2.18. The number of nitrogens with zero attached hydrogens (tertiary/aromatic N) is 1. The standard InChI is InChI=1S/C16H19N3O3/c1-3-13(12-6-4-11(2)5-7-12)17-15(21)10-19-9-8-14(20)18-16(19)22/h4-9,13H,3,10H2,1-2H3,(H,17,21)(H,18,20,22)/t13-/m1/s1. The van der Waals surface area contributed by atoms with Crippen LogP contribution in [0.5, 0.6) is 0 Å². The molecule has 1 atom stereocenters. The van der Waals surface area contributed by atoms with Crippen molar-refractivity contribution >= 4 is 5.91 Å². The van der Waals surface area contributed by atoms with Gasteiger partial charge in [0.15, 0.2) is 0 Å². The second kappa shape index (κ2) is 6.89. The highest BCUT2D eigenvalue weighted by molar-refractivity contribution is 5.76. The van der Waals surface area contributed by atoms with E-state index in [1.807, 2.05) is 38.1 Å². The maximum atomic E-state index is 12.1. The molecule has 0 aliphatic rings. The summed E-state index contributed by atoms with van der Waals surface area (Å²) < 4.78 is 1.17. The lowest BCUT2D eigenvalue weighted by atomic mass is 10.0. The van der Waals surface area contributed by atoms with Gasteiger partial charge in [-0.3, -0.25) is 19.1 Å². The van der Waals surface area contributed by atoms with Crippen molar-refractivity contribution in [1.82, 2.24) is 14.9 Å². The summed E-state index contributed by atoms with van der Waals surface area (Å²) in [5, 5.41) is 2.90. The van der Waals surface area contributed by atoms with E-state index in [1.54, 1.807) is 0 Å². The highest BCUT2D eigenvalue weighted by Gasteiger charge is 2.13. The van der Waals surface area contributed by atoms with Gasteiger partial charge in [-0.05, 0) is 18.9 Å². The van der Waals surface area contributed by atoms with Gasteiger partial charge in [0.05, 0.1) is 6.04 Å². The quantitative estimate of drug-likeness (QED) is 0.867. The fourth-order valence-corrected chi connectivity index (χ4v) is 2.18. The molecular formula is C16H19N3O3. The van der Waals surface area contributed by atoms with E-state index in [4.69, 9.17) is 0 Å². The summed E-state index contributed by atoms with van der Waals surface area (Å²) in [4.78, 5) is 36.8. The first-order valence-electron chi connectivity index (χ1n) is 7.15. The Morgan fingerprint density at radius 2 is 1.91 bits per heavy atom. The molecule has 1 aromatic carbocycles. The summed E-state index contributed by atoms with van der Waals surface area (Å²) in [6.45, 7) is 3.86. The van der Waals surface area contributed by atoms with E-state index < -0.39 is 11.2 Å². The molecule has 0 saturated carbocycles. The first-order chi connectivity index (χ1) is 10.5. The van der Waals surface area contributed by atoms with Crippen molar-refractivity contribution in [2.24, 2.45) is 0 Å². The molecule has 0 saturated heterocycles. The summed E-state index contributed by atoms with van der Waals surface area (Å²) in [5.74, 6) is -0.276. The molecule has 0 bridgehead atoms. The molecule has 0 unspecified atom stereocenters. The zero-order valence-corrected chi connectivity index (χ0v) is 12.6. The maximum absolute atomic E-state index is 12.1. The lowest BCUT2D eigenvalue weighted by Gasteiger charge is -2.18. The Morgan fingerprint density at radius 3 is 2.50 bits per heavy atom. The summed E-state index contributed by atoms with van der Waals surface area (Å²) in [7, 11) is 0. The van der Waals surface area contributed by atoms with Gasteiger partial charge >= 0.3 is 5.69 Å². The van der Waals surface area contributed by atoms with Gasteiger partial charge in [0.1, 0.15) is 6.54 Å². The lowest BCUT2D eigenvalue weighted by Crippen LogP contribution is -2.36. The maximum Gasteiger partial charge on any atom is 0.328 e. The van der Waals surface area contributed by atoms with Gasteiger partial charge in [-0.15, -0.1) is 0 Å². The third kappa shape index (κ3) is 3.94. The van der Waals surface area contributed by atoms with Crippen LogP contribution in [0.4, 0.5) is 0 Å². The van der Waals surface area contributed by atoms with Crippen molar-refractivity contribution in [2.45, 2.75) is 32.9 Å². The number of aryl methyl sites for hydroxylation is 1. The van der Waals surface area contributed by atoms with Crippen molar-refractivity contribution in [3.63, 3.8) is 0 Å². The zero-order valence-electron chi connectivity index (χ0n) is 12.6. The van der Waals surface area contributed by atoms with Gasteiger partial charge in [0.2, 0.25) is 5.91 Å². The topological polar surface area (TPSA) is 84.0 Å². The van der Waals surface area contributed by atoms with E-state index in [1.165, 1.54) is 16.8 Å². The van der Waals surface area contributed by atoms with Crippen LogP contribution in [0.2, 0.25) is 0 Å². The van der Waals surface area contributed by atoms with E-state index in [-0.39, 0.29) is 18.5 Å². The van der Waals surface area contributed by atoms with Crippen LogP contribution in [-0.2, 0) is 11.3 Å². The number of nitrogens with one attached hydrogen (secondary N) is 2. The monoisotopic (exact) mass is 301 g/mol. The zero-order chi connectivity index (χ0) is 16.1. The van der Waals surface area contributed by atoms with Crippen LogP contribution in [0.1, 0.15) is 30.5 Å². The predicted octanol–water partition coefficient (Wildman–Crippen LogP) is 1.11. The second-order valence-corrected chi connectivity index (χ2v) is 5.18. The Labute approximate surface area is 127 Å². The van der Waals surface area contributed by atoms with E-state index in [0.717, 1.165) is 17.5 Å². The largest absolute Gasteiger partial charge is 0.348 e. The molecule has 0 spiro atoms. The van der Waals surface area contributed by atoms with Crippen molar-refractivity contribution in [3.8, 4) is 0 Å². The van der Waals surface area contributed by atoms with Gasteiger partial charge in [-0.1, -0.05) is 36.8 Å². The Hall–Kier alpha value is -2.63. The number of H-pyrrole nitrogens is 1. The molecule has 6 nitrogen and oxygen atoms in total. The molecule has 0 radical (unpaired) electrons. The molecule has 116 valence electrons. The molecule has 2 rings (SSSR count). The number of hydrogen-bond acceptors (Lipinski definition) is 3. The number of amides is 1. The molecule has 6 heteroatoms. The highest BCUT2D eigenvalue weighted by Crippen LogP contribution is 2.16. The molecule has 22 heavy (non-hydrogen) atoms. The Bertz CT molecular complexity index is 759. The molecule has 0 aliphatic carbocycles. The van der Waals surface area contributed by atoms with Crippen LogP contribution in [0, 0.1) is 6.92 Å². The fraction of sp³-hybridized carbons (Fsp3) is 0.312. The van der Waals surface area contributed by atoms with Gasteiger partial charge < -0.3 is 5.32 Å². The summed E-state index contributed by atoms with van der Waals surface area (Å²) in [6, 6.07) is 9.07. The number of carbonyl (C=O) groups is 1. The van der Waals surface area contributed by atoms with Crippen LogP contribution in [0.3, 0.4) is 0 Å². The van der Waals surface area contributed by atoms with Gasteiger partial charge in [-0.25, -0.2) is 4.79 Å². The van der Waals surface area contributed by atoms with Crippen LogP contribution >= 0.6 is 0 Å². The number of rotatable bonds is 5. The number of aromatic nitrogens is 2. The average Bonchev–Trinajstić information content (AvgIpc) is 2.49. The van der Waals surface area contributed by atoms with Crippen LogP contribution in [0.25, 0.3) is 0 Å². The molecular weight excluding hydrogens is 282 g/mol. The van der Waals surface area contributed by atoms with Crippen molar-refractivity contribution in [2.75, 3.05) is 0 Å². The Balaban J connectivity index is 2.07. The van der Waals surface area contributed by atoms with Crippen LogP contribution in [-0.4, -0.2) is 15.5 Å². The lowest BCUT2D eigenvalue weighted by molar-refractivity contribution is -0.122. The molecule has 1 amide bonds. The molecule has 1 heterocycles. The predicted molar refractivity (Wildman–Crippen MR) is 83.7 cm³/mol. The van der Waals surface area contributed by atoms with E-state index in [0.29, 0.717) is 0 Å². The average molecular weight is 301 g/mol. The van der Waals surface area contributed by atoms with Crippen LogP contribution in [0.15, 0.2) is 46.1 Å². The summed E-state index contributed by atoms with van der Waals surface area (Å²) in [6.07, 6.45) is 2.06. The van der Waals surface area contributed by atoms with E-state index in [2.05, 4.69) is 10.3 Å².